The first-order valence-corrected chi connectivity index (χ1v) is 10.8. The number of hydrogen-bond donors (Lipinski definition) is 4. The highest BCUT2D eigenvalue weighted by atomic mass is 16.5. The Bertz CT molecular complexity index is 1180. The van der Waals surface area contributed by atoms with E-state index >= 15 is 0 Å². The van der Waals surface area contributed by atoms with Crippen molar-refractivity contribution in [1.82, 2.24) is 20.9 Å². The molecule has 0 saturated carbocycles. The number of methoxy groups -OCH3 is 1. The summed E-state index contributed by atoms with van der Waals surface area (Å²) < 4.78 is 4.96. The van der Waals surface area contributed by atoms with Crippen LogP contribution < -0.4 is 21.3 Å². The second-order valence-corrected chi connectivity index (χ2v) is 7.97. The first-order valence-electron chi connectivity index (χ1n) is 10.8. The third-order valence-electron chi connectivity index (χ3n) is 5.87. The number of allylic oxidation sites excluding steroid dienone is 2. The molecule has 2 aromatic carbocycles. The van der Waals surface area contributed by atoms with Crippen molar-refractivity contribution in [2.24, 2.45) is 0 Å². The normalized spacial score (nSPS) is 18.0. The number of anilines is 1. The predicted octanol–water partition coefficient (Wildman–Crippen LogP) is 2.36. The van der Waals surface area contributed by atoms with Gasteiger partial charge in [-0.3, -0.25) is 9.59 Å². The van der Waals surface area contributed by atoms with E-state index in [1.54, 1.807) is 19.2 Å². The third-order valence-corrected chi connectivity index (χ3v) is 5.87. The smallest absolute Gasteiger partial charge is 0.251 e. The van der Waals surface area contributed by atoms with Gasteiger partial charge in [-0.1, -0.05) is 6.07 Å². The maximum atomic E-state index is 12.2. The number of nitrogens with zero attached hydrogens (tertiary/aromatic N) is 1. The van der Waals surface area contributed by atoms with E-state index in [4.69, 9.17) is 4.74 Å². The van der Waals surface area contributed by atoms with Gasteiger partial charge in [0.15, 0.2) is 0 Å². The molecule has 3 aliphatic rings. The molecule has 168 valence electrons. The number of fused-ring (bicyclic) bond motifs is 2. The second kappa shape index (κ2) is 8.84. The van der Waals surface area contributed by atoms with Gasteiger partial charge in [-0.2, -0.15) is 0 Å². The van der Waals surface area contributed by atoms with Crippen molar-refractivity contribution in [3.8, 4) is 0 Å². The van der Waals surface area contributed by atoms with Crippen molar-refractivity contribution in [2.75, 3.05) is 25.6 Å². The standard InChI is InChI=1S/C25H25N5O3/c1-33-13-11-27-24(31)16-2-5-19(6-3-16)29-21-8-9-22(30-12-10-26-23(21)30)17-4-7-20-18(14-17)15-28-25(20)32/h2-10,12,14,23,26,29H,11,13,15H2,1H3,(H,27,31)(H,28,32). The molecule has 0 fully saturated rings. The van der Waals surface area contributed by atoms with Gasteiger partial charge in [0.1, 0.15) is 6.17 Å². The number of hydrogen-bond acceptors (Lipinski definition) is 6. The summed E-state index contributed by atoms with van der Waals surface area (Å²) in [6.45, 7) is 1.52. The van der Waals surface area contributed by atoms with E-state index in [1.165, 1.54) is 0 Å². The highest BCUT2D eigenvalue weighted by Crippen LogP contribution is 2.32. The van der Waals surface area contributed by atoms with Crippen molar-refractivity contribution < 1.29 is 14.3 Å². The fourth-order valence-corrected chi connectivity index (χ4v) is 4.17. The highest BCUT2D eigenvalue weighted by Gasteiger charge is 2.30. The van der Waals surface area contributed by atoms with E-state index in [2.05, 4.69) is 44.4 Å². The molecule has 8 heteroatoms. The zero-order valence-corrected chi connectivity index (χ0v) is 18.2. The van der Waals surface area contributed by atoms with Crippen LogP contribution in [0.5, 0.6) is 0 Å². The number of benzene rings is 2. The zero-order chi connectivity index (χ0) is 22.8. The lowest BCUT2D eigenvalue weighted by atomic mass is 10.0. The van der Waals surface area contributed by atoms with Crippen LogP contribution in [0.15, 0.2) is 72.7 Å². The Balaban J connectivity index is 1.33. The molecular weight excluding hydrogens is 418 g/mol. The molecule has 4 N–H and O–H groups in total. The van der Waals surface area contributed by atoms with Crippen LogP contribution in [0.3, 0.4) is 0 Å². The largest absolute Gasteiger partial charge is 0.383 e. The Morgan fingerprint density at radius 3 is 2.85 bits per heavy atom. The van der Waals surface area contributed by atoms with Gasteiger partial charge in [-0.15, -0.1) is 0 Å². The highest BCUT2D eigenvalue weighted by molar-refractivity contribution is 5.98. The van der Waals surface area contributed by atoms with E-state index in [-0.39, 0.29) is 18.0 Å². The Morgan fingerprint density at radius 2 is 2.03 bits per heavy atom. The van der Waals surface area contributed by atoms with Crippen LogP contribution in [0.2, 0.25) is 0 Å². The van der Waals surface area contributed by atoms with Gasteiger partial charge in [0.2, 0.25) is 0 Å². The summed E-state index contributed by atoms with van der Waals surface area (Å²) in [4.78, 5) is 26.2. The monoisotopic (exact) mass is 443 g/mol. The van der Waals surface area contributed by atoms with Crippen LogP contribution in [-0.2, 0) is 11.3 Å². The molecule has 33 heavy (non-hydrogen) atoms. The average molecular weight is 444 g/mol. The molecule has 8 nitrogen and oxygen atoms in total. The van der Waals surface area contributed by atoms with Crippen molar-refractivity contribution in [1.29, 1.82) is 0 Å². The third kappa shape index (κ3) is 4.08. The summed E-state index contributed by atoms with van der Waals surface area (Å²) in [5.74, 6) is -0.137. The maximum Gasteiger partial charge on any atom is 0.251 e. The van der Waals surface area contributed by atoms with E-state index in [9.17, 15) is 9.59 Å². The van der Waals surface area contributed by atoms with E-state index < -0.39 is 0 Å². The quantitative estimate of drug-likeness (QED) is 0.491. The van der Waals surface area contributed by atoms with Crippen molar-refractivity contribution in [2.45, 2.75) is 12.7 Å². The summed E-state index contributed by atoms with van der Waals surface area (Å²) >= 11 is 0. The minimum atomic E-state index is -0.123. The summed E-state index contributed by atoms with van der Waals surface area (Å²) in [6, 6.07) is 13.3. The van der Waals surface area contributed by atoms with E-state index in [1.807, 2.05) is 36.7 Å². The number of carbonyl (C=O) groups excluding carboxylic acids is 2. The number of carbonyl (C=O) groups is 2. The molecule has 0 aromatic heterocycles. The Morgan fingerprint density at radius 1 is 1.18 bits per heavy atom. The van der Waals surface area contributed by atoms with Gasteiger partial charge < -0.3 is 30.9 Å². The lowest BCUT2D eigenvalue weighted by Crippen LogP contribution is -2.40. The van der Waals surface area contributed by atoms with E-state index in [0.717, 1.165) is 33.8 Å². The average Bonchev–Trinajstić information content (AvgIpc) is 3.47. The fraction of sp³-hybridized carbons (Fsp3) is 0.200. The second-order valence-electron chi connectivity index (χ2n) is 7.97. The van der Waals surface area contributed by atoms with Crippen LogP contribution in [-0.4, -0.2) is 43.1 Å². The van der Waals surface area contributed by atoms with Crippen molar-refractivity contribution in [3.05, 3.63) is 95.0 Å². The molecular formula is C25H25N5O3. The lowest BCUT2D eigenvalue weighted by molar-refractivity contribution is 0.0935. The predicted molar refractivity (Wildman–Crippen MR) is 126 cm³/mol. The molecule has 3 heterocycles. The van der Waals surface area contributed by atoms with Crippen LogP contribution in [0.4, 0.5) is 5.69 Å². The molecule has 2 amide bonds. The molecule has 0 saturated heterocycles. The van der Waals surface area contributed by atoms with Crippen LogP contribution >= 0.6 is 0 Å². The Labute approximate surface area is 192 Å². The minimum absolute atomic E-state index is 0.0142. The Hall–Kier alpha value is -4.04. The molecule has 0 spiro atoms. The summed E-state index contributed by atoms with van der Waals surface area (Å²) in [7, 11) is 1.60. The molecule has 0 bridgehead atoms. The van der Waals surface area contributed by atoms with Crippen LogP contribution in [0, 0.1) is 0 Å². The fourth-order valence-electron chi connectivity index (χ4n) is 4.17. The molecule has 3 aliphatic heterocycles. The van der Waals surface area contributed by atoms with Gasteiger partial charge in [-0.05, 0) is 59.7 Å². The molecule has 5 rings (SSSR count). The van der Waals surface area contributed by atoms with Gasteiger partial charge in [0.05, 0.1) is 18.0 Å². The van der Waals surface area contributed by atoms with E-state index in [0.29, 0.717) is 25.3 Å². The lowest BCUT2D eigenvalue weighted by Gasteiger charge is -2.33. The molecule has 0 radical (unpaired) electrons. The summed E-state index contributed by atoms with van der Waals surface area (Å²) in [6.07, 6.45) is 7.98. The Kier molecular flexibility index (Phi) is 5.58. The summed E-state index contributed by atoms with van der Waals surface area (Å²) in [5, 5.41) is 12.5. The molecule has 0 aliphatic carbocycles. The van der Waals surface area contributed by atoms with Crippen LogP contribution in [0.25, 0.3) is 5.70 Å². The van der Waals surface area contributed by atoms with Crippen molar-refractivity contribution in [3.63, 3.8) is 0 Å². The molecule has 1 atom stereocenters. The number of ether oxygens (including phenoxy) is 1. The zero-order valence-electron chi connectivity index (χ0n) is 18.2. The first kappa shape index (κ1) is 20.8. The topological polar surface area (TPSA) is 94.7 Å². The number of rotatable bonds is 7. The summed E-state index contributed by atoms with van der Waals surface area (Å²) in [5.41, 5.74) is 6.35. The van der Waals surface area contributed by atoms with Crippen molar-refractivity contribution >= 4 is 23.2 Å². The first-order chi connectivity index (χ1) is 16.1. The van der Waals surface area contributed by atoms with Gasteiger partial charge in [-0.25, -0.2) is 0 Å². The molecule has 2 aromatic rings. The number of amides is 2. The maximum absolute atomic E-state index is 12.2. The van der Waals surface area contributed by atoms with Gasteiger partial charge >= 0.3 is 0 Å². The van der Waals surface area contributed by atoms with Crippen LogP contribution in [0.1, 0.15) is 31.8 Å². The number of nitrogens with one attached hydrogen (secondary N) is 4. The van der Waals surface area contributed by atoms with Gasteiger partial charge in [0, 0.05) is 49.4 Å². The molecule has 1 unspecified atom stereocenters. The van der Waals surface area contributed by atoms with Gasteiger partial charge in [0.25, 0.3) is 11.8 Å². The minimum Gasteiger partial charge on any atom is -0.383 e. The SMILES string of the molecule is COCCNC(=O)c1ccc(NC2=CC=C(c3ccc4c(c3)CNC4=O)N3C=CNC23)cc1.